The molecule has 3 heteroatoms. The number of rotatable bonds is 9. The van der Waals surface area contributed by atoms with Crippen molar-refractivity contribution in [2.24, 2.45) is 10.8 Å². The summed E-state index contributed by atoms with van der Waals surface area (Å²) in [6.07, 6.45) is 9.21. The summed E-state index contributed by atoms with van der Waals surface area (Å²) in [6, 6.07) is 0. The highest BCUT2D eigenvalue weighted by molar-refractivity contribution is 7.80. The van der Waals surface area contributed by atoms with Gasteiger partial charge in [-0.25, -0.2) is 0 Å². The van der Waals surface area contributed by atoms with Crippen LogP contribution in [0, 0.1) is 10.8 Å². The van der Waals surface area contributed by atoms with Crippen molar-refractivity contribution in [1.82, 2.24) is 0 Å². The molecule has 0 radical (unpaired) electrons. The van der Waals surface area contributed by atoms with Gasteiger partial charge in [0.25, 0.3) is 0 Å². The predicted octanol–water partition coefficient (Wildman–Crippen LogP) is 5.00. The highest BCUT2D eigenvalue weighted by atomic mass is 32.1. The van der Waals surface area contributed by atoms with Gasteiger partial charge in [0.05, 0.1) is 0 Å². The van der Waals surface area contributed by atoms with Gasteiger partial charge in [0, 0.05) is 6.42 Å². The monoisotopic (exact) mass is 286 g/mol. The smallest absolute Gasteiger partial charge is 0.306 e. The van der Waals surface area contributed by atoms with Gasteiger partial charge >= 0.3 is 5.97 Å². The lowest BCUT2D eigenvalue weighted by Crippen LogP contribution is -2.11. The van der Waals surface area contributed by atoms with Gasteiger partial charge in [-0.05, 0) is 30.1 Å². The Morgan fingerprint density at radius 1 is 1.26 bits per heavy atom. The van der Waals surface area contributed by atoms with Crippen molar-refractivity contribution in [3.05, 3.63) is 12.2 Å². The minimum absolute atomic E-state index is 0.144. The summed E-state index contributed by atoms with van der Waals surface area (Å²) in [4.78, 5) is 11.2. The van der Waals surface area contributed by atoms with E-state index in [2.05, 4.69) is 59.4 Å². The minimum Gasteiger partial charge on any atom is -0.455 e. The zero-order valence-corrected chi connectivity index (χ0v) is 14.1. The van der Waals surface area contributed by atoms with E-state index in [1.807, 2.05) is 0 Å². The van der Waals surface area contributed by atoms with Crippen LogP contribution >= 0.6 is 12.6 Å². The Hall–Kier alpha value is -0.440. The van der Waals surface area contributed by atoms with Crippen LogP contribution in [0.15, 0.2) is 12.2 Å². The SMILES string of the molecule is CCC(C)(C)CC=CC(C)(C)CCCC(=O)OCS. The van der Waals surface area contributed by atoms with E-state index in [9.17, 15) is 4.79 Å². The molecule has 0 bridgehead atoms. The summed E-state index contributed by atoms with van der Waals surface area (Å²) >= 11 is 3.87. The average Bonchev–Trinajstić information content (AvgIpc) is 2.28. The molecule has 0 spiro atoms. The number of allylic oxidation sites excluding steroid dienone is 2. The summed E-state index contributed by atoms with van der Waals surface area (Å²) in [5.74, 6) is 0.0238. The van der Waals surface area contributed by atoms with Crippen LogP contribution in [-0.2, 0) is 9.53 Å². The van der Waals surface area contributed by atoms with E-state index in [0.29, 0.717) is 11.8 Å². The van der Waals surface area contributed by atoms with Gasteiger partial charge in [-0.1, -0.05) is 53.2 Å². The number of esters is 1. The van der Waals surface area contributed by atoms with Gasteiger partial charge in [0.15, 0.2) is 0 Å². The summed E-state index contributed by atoms with van der Waals surface area (Å²) in [5, 5.41) is 0. The Balaban J connectivity index is 4.04. The van der Waals surface area contributed by atoms with Gasteiger partial charge in [0.1, 0.15) is 5.94 Å². The second-order valence-corrected chi connectivity index (χ2v) is 6.87. The number of carbonyl (C=O) groups excluding carboxylic acids is 1. The summed E-state index contributed by atoms with van der Waals surface area (Å²) in [5.41, 5.74) is 0.522. The van der Waals surface area contributed by atoms with Crippen LogP contribution in [0.5, 0.6) is 0 Å². The zero-order chi connectivity index (χ0) is 14.9. The molecule has 0 heterocycles. The molecule has 0 amide bonds. The third kappa shape index (κ3) is 10.1. The van der Waals surface area contributed by atoms with Crippen LogP contribution in [0.25, 0.3) is 0 Å². The number of ether oxygens (including phenoxy) is 1. The third-order valence-electron chi connectivity index (χ3n) is 3.62. The van der Waals surface area contributed by atoms with Crippen molar-refractivity contribution >= 4 is 18.6 Å². The lowest BCUT2D eigenvalue weighted by molar-refractivity contribution is -0.141. The summed E-state index contributed by atoms with van der Waals surface area (Å²) in [6.45, 7) is 11.2. The number of hydrogen-bond donors (Lipinski definition) is 1. The van der Waals surface area contributed by atoms with Crippen molar-refractivity contribution in [3.8, 4) is 0 Å². The van der Waals surface area contributed by atoms with Crippen molar-refractivity contribution in [2.45, 2.75) is 66.7 Å². The Bertz CT molecular complexity index is 293. The van der Waals surface area contributed by atoms with Crippen LogP contribution in [0.1, 0.15) is 66.7 Å². The average molecular weight is 286 g/mol. The first-order chi connectivity index (χ1) is 8.72. The summed E-state index contributed by atoms with van der Waals surface area (Å²) < 4.78 is 4.80. The first-order valence-electron chi connectivity index (χ1n) is 7.16. The molecule has 0 aromatic rings. The normalized spacial score (nSPS) is 12.9. The van der Waals surface area contributed by atoms with E-state index >= 15 is 0 Å². The number of thiol groups is 1. The summed E-state index contributed by atoms with van der Waals surface area (Å²) in [7, 11) is 0. The molecule has 0 rings (SSSR count). The zero-order valence-electron chi connectivity index (χ0n) is 13.2. The molecule has 0 aliphatic heterocycles. The van der Waals surface area contributed by atoms with Crippen LogP contribution in [0.3, 0.4) is 0 Å². The minimum atomic E-state index is -0.151. The maximum Gasteiger partial charge on any atom is 0.306 e. The molecule has 0 saturated carbocycles. The maximum atomic E-state index is 11.2. The molecule has 112 valence electrons. The molecular formula is C16H30O2S. The van der Waals surface area contributed by atoms with Gasteiger partial charge in [0.2, 0.25) is 0 Å². The van der Waals surface area contributed by atoms with Gasteiger partial charge in [-0.15, -0.1) is 12.6 Å². The first-order valence-corrected chi connectivity index (χ1v) is 7.80. The van der Waals surface area contributed by atoms with E-state index in [0.717, 1.165) is 19.3 Å². The van der Waals surface area contributed by atoms with E-state index in [1.165, 1.54) is 6.42 Å². The molecule has 0 aromatic heterocycles. The fourth-order valence-electron chi connectivity index (χ4n) is 1.76. The highest BCUT2D eigenvalue weighted by Gasteiger charge is 2.16. The standard InChI is InChI=1S/C16H30O2S/c1-6-15(2,3)11-8-12-16(4,5)10-7-9-14(17)18-13-19/h8,12,19H,6-7,9-11,13H2,1-5H3. The van der Waals surface area contributed by atoms with E-state index in [4.69, 9.17) is 4.74 Å². The Morgan fingerprint density at radius 3 is 2.42 bits per heavy atom. The molecule has 0 atom stereocenters. The van der Waals surface area contributed by atoms with Crippen molar-refractivity contribution in [1.29, 1.82) is 0 Å². The largest absolute Gasteiger partial charge is 0.455 e. The first kappa shape index (κ1) is 18.6. The molecular weight excluding hydrogens is 256 g/mol. The van der Waals surface area contributed by atoms with E-state index in [-0.39, 0.29) is 17.3 Å². The molecule has 0 fully saturated rings. The van der Waals surface area contributed by atoms with Crippen LogP contribution in [0.2, 0.25) is 0 Å². The third-order valence-corrected chi connectivity index (χ3v) is 3.75. The Kier molecular flexibility index (Phi) is 8.47. The maximum absolute atomic E-state index is 11.2. The van der Waals surface area contributed by atoms with Gasteiger partial charge < -0.3 is 4.74 Å². The Labute approximate surface area is 124 Å². The molecule has 19 heavy (non-hydrogen) atoms. The lowest BCUT2D eigenvalue weighted by Gasteiger charge is -2.23. The predicted molar refractivity (Wildman–Crippen MR) is 85.4 cm³/mol. The van der Waals surface area contributed by atoms with Gasteiger partial charge in [-0.3, -0.25) is 4.79 Å². The fourth-order valence-corrected chi connectivity index (χ4v) is 1.90. The highest BCUT2D eigenvalue weighted by Crippen LogP contribution is 2.29. The Morgan fingerprint density at radius 2 is 1.89 bits per heavy atom. The van der Waals surface area contributed by atoms with Crippen molar-refractivity contribution < 1.29 is 9.53 Å². The van der Waals surface area contributed by atoms with E-state index in [1.54, 1.807) is 0 Å². The molecule has 0 saturated heterocycles. The van der Waals surface area contributed by atoms with Crippen LogP contribution in [0.4, 0.5) is 0 Å². The topological polar surface area (TPSA) is 26.3 Å². The fraction of sp³-hybridized carbons (Fsp3) is 0.812. The number of hydrogen-bond acceptors (Lipinski definition) is 3. The second-order valence-electron chi connectivity index (χ2n) is 6.61. The molecule has 0 aliphatic carbocycles. The van der Waals surface area contributed by atoms with Crippen LogP contribution < -0.4 is 0 Å². The molecule has 0 unspecified atom stereocenters. The molecule has 2 nitrogen and oxygen atoms in total. The lowest BCUT2D eigenvalue weighted by atomic mass is 9.83. The molecule has 0 N–H and O–H groups in total. The second kappa shape index (κ2) is 8.68. The molecule has 0 aromatic carbocycles. The van der Waals surface area contributed by atoms with Gasteiger partial charge in [-0.2, -0.15) is 0 Å². The van der Waals surface area contributed by atoms with Crippen LogP contribution in [-0.4, -0.2) is 11.9 Å². The quantitative estimate of drug-likeness (QED) is 0.279. The van der Waals surface area contributed by atoms with E-state index < -0.39 is 0 Å². The van der Waals surface area contributed by atoms with Crippen molar-refractivity contribution in [3.63, 3.8) is 0 Å². The van der Waals surface area contributed by atoms with Crippen molar-refractivity contribution in [2.75, 3.05) is 5.94 Å². The molecule has 0 aliphatic rings. The number of carbonyl (C=O) groups is 1.